The monoisotopic (exact) mass is 650 g/mol. The summed E-state index contributed by atoms with van der Waals surface area (Å²) in [4.78, 5) is 11.9. The highest BCUT2D eigenvalue weighted by Gasteiger charge is 2.56. The minimum Gasteiger partial charge on any atom is -0.479 e. The molecule has 0 radical (unpaired) electrons. The van der Waals surface area contributed by atoms with Crippen molar-refractivity contribution >= 4 is 36.9 Å². The predicted octanol–water partition coefficient (Wildman–Crippen LogP) is -2.89. The molecule has 0 aromatic carbocycles. The molecule has 10 atom stereocenters. The van der Waals surface area contributed by atoms with E-state index in [1.807, 2.05) is 0 Å². The van der Waals surface area contributed by atoms with Gasteiger partial charge in [0.25, 0.3) is 10.1 Å². The predicted molar refractivity (Wildman–Crippen MR) is 123 cm³/mol. The molecule has 0 spiro atoms. The van der Waals surface area contributed by atoms with Crippen molar-refractivity contribution in [2.24, 2.45) is 5.92 Å². The smallest absolute Gasteiger partial charge is 0.397 e. The van der Waals surface area contributed by atoms with Crippen molar-refractivity contribution in [3.63, 3.8) is 0 Å². The van der Waals surface area contributed by atoms with E-state index in [4.69, 9.17) is 37.7 Å². The molecule has 0 aliphatic carbocycles. The first-order chi connectivity index (χ1) is 18.4. The van der Waals surface area contributed by atoms with Crippen LogP contribution in [-0.2, 0) is 77.2 Å². The molecule has 0 amide bonds. The van der Waals surface area contributed by atoms with Crippen molar-refractivity contribution in [2.45, 2.75) is 55.3 Å². The molecule has 0 aromatic rings. The lowest BCUT2D eigenvalue weighted by Gasteiger charge is -2.48. The van der Waals surface area contributed by atoms with Gasteiger partial charge < -0.3 is 38.3 Å². The van der Waals surface area contributed by atoms with E-state index in [0.717, 1.165) is 21.3 Å². The number of aliphatic carboxylic acids is 1. The Morgan fingerprint density at radius 2 is 1.30 bits per heavy atom. The molecule has 23 heteroatoms. The van der Waals surface area contributed by atoms with E-state index in [1.165, 1.54) is 7.11 Å². The van der Waals surface area contributed by atoms with Crippen molar-refractivity contribution in [1.29, 1.82) is 0 Å². The van der Waals surface area contributed by atoms with Crippen LogP contribution in [0.2, 0.25) is 0 Å². The second-order valence-electron chi connectivity index (χ2n) is 8.36. The average Bonchev–Trinajstić information content (AvgIpc) is 2.82. The number of methoxy groups -OCH3 is 4. The molecule has 2 saturated heterocycles. The molecular weight excluding hydrogens is 620 g/mol. The van der Waals surface area contributed by atoms with Crippen LogP contribution in [0.25, 0.3) is 0 Å². The van der Waals surface area contributed by atoms with Gasteiger partial charge in [-0.25, -0.2) is 13.2 Å². The molecule has 236 valence electrons. The Balaban J connectivity index is 2.64. The fourth-order valence-electron chi connectivity index (χ4n) is 4.37. The first-order valence-corrected chi connectivity index (χ1v) is 15.2. The number of carbonyl (C=O) groups is 1. The highest BCUT2D eigenvalue weighted by molar-refractivity contribution is 7.85. The Hall–Kier alpha value is -1.16. The van der Waals surface area contributed by atoms with E-state index in [2.05, 4.69) is 8.37 Å². The minimum absolute atomic E-state index is 0.963. The van der Waals surface area contributed by atoms with Crippen molar-refractivity contribution in [3.05, 3.63) is 0 Å². The summed E-state index contributed by atoms with van der Waals surface area (Å²) in [5.74, 6) is -4.67. The largest absolute Gasteiger partial charge is 0.479 e. The Morgan fingerprint density at radius 3 is 1.73 bits per heavy atom. The summed E-state index contributed by atoms with van der Waals surface area (Å²) in [6.45, 7) is -1.14. The molecule has 0 aromatic heterocycles. The third kappa shape index (κ3) is 9.43. The van der Waals surface area contributed by atoms with E-state index >= 15 is 0 Å². The maximum Gasteiger partial charge on any atom is 0.397 e. The molecule has 2 aliphatic rings. The third-order valence-corrected chi connectivity index (χ3v) is 7.57. The topological polar surface area (TPSA) is 283 Å². The Kier molecular flexibility index (Phi) is 12.2. The maximum absolute atomic E-state index is 11.9. The van der Waals surface area contributed by atoms with Gasteiger partial charge in [0.15, 0.2) is 18.7 Å². The van der Waals surface area contributed by atoms with Crippen LogP contribution < -0.4 is 0 Å². The normalized spacial score (nSPS) is 35.9. The van der Waals surface area contributed by atoms with Crippen LogP contribution in [0.3, 0.4) is 0 Å². The summed E-state index contributed by atoms with van der Waals surface area (Å²) in [6, 6.07) is 0. The van der Waals surface area contributed by atoms with Gasteiger partial charge in [0.05, 0.1) is 18.3 Å². The van der Waals surface area contributed by atoms with Gasteiger partial charge in [-0.1, -0.05) is 0 Å². The van der Waals surface area contributed by atoms with E-state index < -0.39 is 110 Å². The lowest BCUT2D eigenvalue weighted by Crippen LogP contribution is -2.66. The number of carboxylic acids is 1. The lowest BCUT2D eigenvalue weighted by atomic mass is 9.91. The molecular formula is C17H30O20S3. The van der Waals surface area contributed by atoms with Crippen LogP contribution in [0.5, 0.6) is 0 Å². The summed E-state index contributed by atoms with van der Waals surface area (Å²) >= 11 is 0. The lowest BCUT2D eigenvalue weighted by molar-refractivity contribution is -0.349. The summed E-state index contributed by atoms with van der Waals surface area (Å²) in [7, 11) is -11.1. The summed E-state index contributed by atoms with van der Waals surface area (Å²) < 4.78 is 144. The van der Waals surface area contributed by atoms with Crippen molar-refractivity contribution in [2.75, 3.05) is 40.8 Å². The van der Waals surface area contributed by atoms with Gasteiger partial charge in [-0.2, -0.15) is 25.3 Å². The Bertz CT molecular complexity index is 1170. The highest BCUT2D eigenvalue weighted by Crippen LogP contribution is 2.36. The summed E-state index contributed by atoms with van der Waals surface area (Å²) in [5.41, 5.74) is 0. The quantitative estimate of drug-likeness (QED) is 0.137. The number of carboxylic acid groups (broad SMARTS) is 1. The molecule has 2 rings (SSSR count). The van der Waals surface area contributed by atoms with Crippen LogP contribution in [0, 0.1) is 5.92 Å². The van der Waals surface area contributed by atoms with Gasteiger partial charge in [0, 0.05) is 28.4 Å². The fraction of sp³-hybridized carbons (Fsp3) is 0.941. The number of hydrogen-bond acceptors (Lipinski definition) is 16. The number of rotatable bonds is 14. The van der Waals surface area contributed by atoms with Crippen LogP contribution in [-0.4, -0.2) is 146 Å². The zero-order chi connectivity index (χ0) is 30.6. The molecule has 2 heterocycles. The van der Waals surface area contributed by atoms with Gasteiger partial charge >= 0.3 is 26.8 Å². The van der Waals surface area contributed by atoms with E-state index in [0.29, 0.717) is 0 Å². The SMILES string of the molecule is CO[C@H]1O[C@H](COS(=O)(=O)O)[C@@H](O[C@@H]2O[C@@H](C(=O)O)[C@@H](OC)[C@H](OC)[C@H]2OC)[C@H](OS(=O)(=O)O)[C@H]1CS(=O)(=O)O. The fourth-order valence-corrected chi connectivity index (χ4v) is 6.05. The van der Waals surface area contributed by atoms with Gasteiger partial charge in [-0.05, 0) is 0 Å². The zero-order valence-electron chi connectivity index (χ0n) is 21.2. The van der Waals surface area contributed by atoms with Gasteiger partial charge in [-0.3, -0.25) is 13.7 Å². The molecule has 2 fully saturated rings. The van der Waals surface area contributed by atoms with Crippen molar-refractivity contribution < 1.29 is 90.3 Å². The van der Waals surface area contributed by atoms with Crippen molar-refractivity contribution in [3.8, 4) is 0 Å². The van der Waals surface area contributed by atoms with Gasteiger partial charge in [-0.15, -0.1) is 0 Å². The minimum atomic E-state index is -5.44. The Morgan fingerprint density at radius 1 is 0.725 bits per heavy atom. The van der Waals surface area contributed by atoms with Gasteiger partial charge in [0.2, 0.25) is 0 Å². The molecule has 4 N–H and O–H groups in total. The van der Waals surface area contributed by atoms with E-state index in [-0.39, 0.29) is 0 Å². The van der Waals surface area contributed by atoms with Crippen LogP contribution in [0.1, 0.15) is 0 Å². The highest BCUT2D eigenvalue weighted by atomic mass is 32.3. The first-order valence-electron chi connectivity index (χ1n) is 10.9. The van der Waals surface area contributed by atoms with Crippen molar-refractivity contribution in [1.82, 2.24) is 0 Å². The number of hydrogen-bond donors (Lipinski definition) is 4. The Labute approximate surface area is 229 Å². The van der Waals surface area contributed by atoms with E-state index in [1.54, 1.807) is 0 Å². The molecule has 0 unspecified atom stereocenters. The zero-order valence-corrected chi connectivity index (χ0v) is 23.7. The van der Waals surface area contributed by atoms with Crippen LogP contribution in [0.15, 0.2) is 0 Å². The standard InChI is InChI=1S/C17H30O20S3/c1-29-11-12(30-2)14(31-3)17(36-13(11)15(18)19)35-10-8(5-33-39(23,24)25)34-16(32-4)7(6-38(20,21)22)9(10)37-40(26,27)28/h7-14,16-17H,5-6H2,1-4H3,(H,18,19)(H,20,21,22)(H,23,24,25)(H,26,27,28)/t7-,8-,9-,10-,11+,12+,13-,14-,16+,17-/m1/s1. The van der Waals surface area contributed by atoms with Crippen LogP contribution >= 0.6 is 0 Å². The molecule has 40 heavy (non-hydrogen) atoms. The number of ether oxygens (including phenoxy) is 7. The van der Waals surface area contributed by atoms with E-state index in [9.17, 15) is 44.3 Å². The van der Waals surface area contributed by atoms with Crippen LogP contribution in [0.4, 0.5) is 0 Å². The molecule has 0 bridgehead atoms. The second kappa shape index (κ2) is 13.9. The summed E-state index contributed by atoms with van der Waals surface area (Å²) in [6.07, 6.45) is -15.2. The second-order valence-corrected chi connectivity index (χ2v) is 12.0. The third-order valence-electron chi connectivity index (χ3n) is 5.87. The maximum atomic E-state index is 11.9. The molecule has 0 saturated carbocycles. The average molecular weight is 651 g/mol. The van der Waals surface area contributed by atoms with Gasteiger partial charge in [0.1, 0.15) is 36.6 Å². The first kappa shape index (κ1) is 35.0. The molecule has 20 nitrogen and oxygen atoms in total. The molecule has 2 aliphatic heterocycles. The summed E-state index contributed by atoms with van der Waals surface area (Å²) in [5, 5.41) is 9.66.